The second-order valence-corrected chi connectivity index (χ2v) is 7.26. The summed E-state index contributed by atoms with van der Waals surface area (Å²) in [6.45, 7) is 1.89. The zero-order valence-corrected chi connectivity index (χ0v) is 16.7. The summed E-state index contributed by atoms with van der Waals surface area (Å²) < 4.78 is 2.98. The molecular formula is C18H13Cl3N6O. The Morgan fingerprint density at radius 3 is 2.71 bits per heavy atom. The standard InChI is InChI=1S/C18H13Cl3N6O/c1-10(17-25-24-15-4-2-3-7-26(15)17)23-13-9-22-27(18(28)16(13)21)14-6-5-11(19)8-12(14)20/h2-10,23H,1H3. The Balaban J connectivity index is 1.68. The van der Waals surface area contributed by atoms with Gasteiger partial charge in [0.1, 0.15) is 5.02 Å². The van der Waals surface area contributed by atoms with Gasteiger partial charge in [0.25, 0.3) is 5.56 Å². The Kier molecular flexibility index (Phi) is 4.97. The predicted molar refractivity (Wildman–Crippen MR) is 110 cm³/mol. The molecule has 0 amide bonds. The fraction of sp³-hybridized carbons (Fsp3) is 0.111. The summed E-state index contributed by atoms with van der Waals surface area (Å²) in [6.07, 6.45) is 3.33. The number of nitrogens with one attached hydrogen (secondary N) is 1. The summed E-state index contributed by atoms with van der Waals surface area (Å²) >= 11 is 18.4. The molecule has 0 aliphatic heterocycles. The Hall–Kier alpha value is -2.61. The molecule has 4 rings (SSSR count). The van der Waals surface area contributed by atoms with Crippen molar-refractivity contribution in [3.8, 4) is 5.69 Å². The Labute approximate surface area is 174 Å². The lowest BCUT2D eigenvalue weighted by atomic mass is 10.3. The molecule has 1 atom stereocenters. The smallest absolute Gasteiger partial charge is 0.292 e. The number of nitrogens with zero attached hydrogens (tertiary/aromatic N) is 5. The van der Waals surface area contributed by atoms with Crippen molar-refractivity contribution in [3.05, 3.63) is 80.0 Å². The van der Waals surface area contributed by atoms with Crippen molar-refractivity contribution in [3.63, 3.8) is 0 Å². The zero-order valence-electron chi connectivity index (χ0n) is 14.5. The second-order valence-electron chi connectivity index (χ2n) is 6.04. The molecule has 0 bridgehead atoms. The van der Waals surface area contributed by atoms with Crippen molar-refractivity contribution in [1.82, 2.24) is 24.4 Å². The molecule has 142 valence electrons. The average Bonchev–Trinajstić information content (AvgIpc) is 3.11. The lowest BCUT2D eigenvalue weighted by Gasteiger charge is -2.15. The first kappa shape index (κ1) is 18.7. The molecule has 0 saturated carbocycles. The van der Waals surface area contributed by atoms with E-state index in [2.05, 4.69) is 20.6 Å². The minimum absolute atomic E-state index is 0.0123. The van der Waals surface area contributed by atoms with E-state index in [1.54, 1.807) is 12.1 Å². The maximum absolute atomic E-state index is 12.7. The first-order valence-electron chi connectivity index (χ1n) is 8.25. The summed E-state index contributed by atoms with van der Waals surface area (Å²) in [5.41, 5.74) is 0.992. The molecule has 28 heavy (non-hydrogen) atoms. The maximum atomic E-state index is 12.7. The van der Waals surface area contributed by atoms with E-state index < -0.39 is 5.56 Å². The van der Waals surface area contributed by atoms with Gasteiger partial charge < -0.3 is 5.32 Å². The van der Waals surface area contributed by atoms with Gasteiger partial charge in [-0.05, 0) is 37.3 Å². The van der Waals surface area contributed by atoms with E-state index >= 15 is 0 Å². The predicted octanol–water partition coefficient (Wildman–Crippen LogP) is 4.41. The van der Waals surface area contributed by atoms with Crippen LogP contribution in [0.2, 0.25) is 15.1 Å². The maximum Gasteiger partial charge on any atom is 0.292 e. The number of aromatic nitrogens is 5. The lowest BCUT2D eigenvalue weighted by molar-refractivity contribution is 0.762. The van der Waals surface area contributed by atoms with Crippen molar-refractivity contribution >= 4 is 46.1 Å². The third kappa shape index (κ3) is 3.32. The van der Waals surface area contributed by atoms with Crippen molar-refractivity contribution < 1.29 is 0 Å². The number of pyridine rings is 1. The second kappa shape index (κ2) is 7.43. The van der Waals surface area contributed by atoms with Gasteiger partial charge >= 0.3 is 0 Å². The van der Waals surface area contributed by atoms with Crippen molar-refractivity contribution in [2.75, 3.05) is 5.32 Å². The fourth-order valence-corrected chi connectivity index (χ4v) is 3.48. The number of benzene rings is 1. The number of halogens is 3. The molecule has 1 aromatic carbocycles. The van der Waals surface area contributed by atoms with E-state index in [1.807, 2.05) is 35.7 Å². The first-order chi connectivity index (χ1) is 13.5. The van der Waals surface area contributed by atoms with Gasteiger partial charge in [-0.25, -0.2) is 0 Å². The molecule has 0 fully saturated rings. The minimum atomic E-state index is -0.505. The molecule has 0 radical (unpaired) electrons. The molecule has 0 spiro atoms. The Morgan fingerprint density at radius 2 is 1.93 bits per heavy atom. The third-order valence-corrected chi connectivity index (χ3v) is 5.06. The van der Waals surface area contributed by atoms with Crippen LogP contribution in [0.1, 0.15) is 18.8 Å². The Morgan fingerprint density at radius 1 is 1.11 bits per heavy atom. The number of rotatable bonds is 4. The molecule has 1 N–H and O–H groups in total. The molecular weight excluding hydrogens is 423 g/mol. The van der Waals surface area contributed by atoms with Gasteiger partial charge in [-0.3, -0.25) is 9.20 Å². The van der Waals surface area contributed by atoms with Crippen molar-refractivity contribution in [2.45, 2.75) is 13.0 Å². The van der Waals surface area contributed by atoms with Crippen molar-refractivity contribution in [2.24, 2.45) is 0 Å². The number of hydrogen-bond donors (Lipinski definition) is 1. The lowest BCUT2D eigenvalue weighted by Crippen LogP contribution is -2.23. The Bertz CT molecular complexity index is 1240. The SMILES string of the molecule is CC(Nc1cnn(-c2ccc(Cl)cc2Cl)c(=O)c1Cl)c1nnc2ccccn12. The topological polar surface area (TPSA) is 77.1 Å². The summed E-state index contributed by atoms with van der Waals surface area (Å²) in [7, 11) is 0. The fourth-order valence-electron chi connectivity index (χ4n) is 2.81. The van der Waals surface area contributed by atoms with E-state index in [4.69, 9.17) is 34.8 Å². The van der Waals surface area contributed by atoms with Crippen LogP contribution in [0.25, 0.3) is 11.3 Å². The summed E-state index contributed by atoms with van der Waals surface area (Å²) in [4.78, 5) is 12.7. The first-order valence-corrected chi connectivity index (χ1v) is 9.38. The van der Waals surface area contributed by atoms with Crippen LogP contribution in [0.15, 0.2) is 53.6 Å². The third-order valence-electron chi connectivity index (χ3n) is 4.16. The summed E-state index contributed by atoms with van der Waals surface area (Å²) in [5, 5.41) is 16.4. The highest BCUT2D eigenvalue weighted by Gasteiger charge is 2.18. The number of anilines is 1. The molecule has 3 heterocycles. The average molecular weight is 436 g/mol. The molecule has 0 saturated heterocycles. The van der Waals surface area contributed by atoms with Crippen LogP contribution in [0.5, 0.6) is 0 Å². The van der Waals surface area contributed by atoms with Crippen LogP contribution < -0.4 is 10.9 Å². The van der Waals surface area contributed by atoms with Crippen LogP contribution in [0.3, 0.4) is 0 Å². The van der Waals surface area contributed by atoms with Gasteiger partial charge in [0.05, 0.1) is 28.6 Å². The quantitative estimate of drug-likeness (QED) is 0.514. The van der Waals surface area contributed by atoms with E-state index in [-0.39, 0.29) is 11.1 Å². The molecule has 4 aromatic rings. The molecule has 0 aliphatic rings. The minimum Gasteiger partial charge on any atom is -0.373 e. The monoisotopic (exact) mass is 434 g/mol. The van der Waals surface area contributed by atoms with Crippen LogP contribution in [0.4, 0.5) is 5.69 Å². The van der Waals surface area contributed by atoms with Gasteiger partial charge in [0.2, 0.25) is 0 Å². The molecule has 0 aliphatic carbocycles. The van der Waals surface area contributed by atoms with Gasteiger partial charge in [-0.15, -0.1) is 10.2 Å². The highest BCUT2D eigenvalue weighted by atomic mass is 35.5. The number of hydrogen-bond acceptors (Lipinski definition) is 5. The van der Waals surface area contributed by atoms with E-state index in [1.165, 1.54) is 12.3 Å². The normalized spacial score (nSPS) is 12.3. The van der Waals surface area contributed by atoms with Crippen molar-refractivity contribution in [1.29, 1.82) is 0 Å². The zero-order chi connectivity index (χ0) is 19.8. The van der Waals surface area contributed by atoms with Gasteiger partial charge in [-0.1, -0.05) is 40.9 Å². The highest BCUT2D eigenvalue weighted by Crippen LogP contribution is 2.26. The molecule has 10 heteroatoms. The molecule has 1 unspecified atom stereocenters. The van der Waals surface area contributed by atoms with E-state index in [0.29, 0.717) is 27.2 Å². The van der Waals surface area contributed by atoms with Gasteiger partial charge in [-0.2, -0.15) is 9.78 Å². The molecule has 3 aromatic heterocycles. The van der Waals surface area contributed by atoms with Gasteiger partial charge in [0.15, 0.2) is 11.5 Å². The van der Waals surface area contributed by atoms with Crippen LogP contribution >= 0.6 is 34.8 Å². The van der Waals surface area contributed by atoms with Crippen LogP contribution in [0, 0.1) is 0 Å². The number of fused-ring (bicyclic) bond motifs is 1. The molecule has 7 nitrogen and oxygen atoms in total. The van der Waals surface area contributed by atoms with E-state index in [9.17, 15) is 4.79 Å². The van der Waals surface area contributed by atoms with E-state index in [0.717, 1.165) is 10.3 Å². The van der Waals surface area contributed by atoms with Crippen LogP contribution in [-0.2, 0) is 0 Å². The largest absolute Gasteiger partial charge is 0.373 e. The van der Waals surface area contributed by atoms with Gasteiger partial charge in [0, 0.05) is 11.2 Å². The van der Waals surface area contributed by atoms with Crippen LogP contribution in [-0.4, -0.2) is 24.4 Å². The summed E-state index contributed by atoms with van der Waals surface area (Å²) in [6, 6.07) is 10.1. The highest BCUT2D eigenvalue weighted by molar-refractivity contribution is 6.36. The summed E-state index contributed by atoms with van der Waals surface area (Å²) in [5.74, 6) is 0.677.